The van der Waals surface area contributed by atoms with E-state index in [4.69, 9.17) is 0 Å². The Morgan fingerprint density at radius 2 is 1.90 bits per heavy atom. The number of hydrogen-bond donors (Lipinski definition) is 1. The van der Waals surface area contributed by atoms with E-state index in [1.54, 1.807) is 0 Å². The molecule has 0 aliphatic rings. The Morgan fingerprint density at radius 3 is 2.67 bits per heavy atom. The fraction of sp³-hybridized carbons (Fsp3) is 0.118. The number of rotatable bonds is 4. The largest absolute Gasteiger partial charge is 0.379 e. The van der Waals surface area contributed by atoms with Crippen LogP contribution in [0.3, 0.4) is 0 Å². The van der Waals surface area contributed by atoms with Crippen molar-refractivity contribution in [3.05, 3.63) is 76.8 Å². The Kier molecular flexibility index (Phi) is 4.06. The van der Waals surface area contributed by atoms with Gasteiger partial charge in [0.05, 0.1) is 18.4 Å². The van der Waals surface area contributed by atoms with Crippen molar-refractivity contribution in [2.45, 2.75) is 13.5 Å². The van der Waals surface area contributed by atoms with Crippen LogP contribution >= 0.6 is 15.9 Å². The number of para-hydroxylation sites is 1. The zero-order valence-corrected chi connectivity index (χ0v) is 13.3. The highest BCUT2D eigenvalue weighted by Crippen LogP contribution is 2.18. The molecule has 3 nitrogen and oxygen atoms in total. The molecule has 3 rings (SSSR count). The molecule has 0 aliphatic heterocycles. The van der Waals surface area contributed by atoms with Crippen LogP contribution in [0.4, 0.5) is 5.69 Å². The molecule has 0 amide bonds. The van der Waals surface area contributed by atoms with Gasteiger partial charge in [0, 0.05) is 15.8 Å². The first kappa shape index (κ1) is 13.9. The van der Waals surface area contributed by atoms with Crippen LogP contribution in [0.1, 0.15) is 11.5 Å². The normalized spacial score (nSPS) is 10.6. The van der Waals surface area contributed by atoms with Crippen molar-refractivity contribution in [3.63, 3.8) is 0 Å². The highest BCUT2D eigenvalue weighted by molar-refractivity contribution is 9.10. The molecular formula is C17H16BrN3. The van der Waals surface area contributed by atoms with E-state index < -0.39 is 0 Å². The molecule has 0 bridgehead atoms. The van der Waals surface area contributed by atoms with Gasteiger partial charge < -0.3 is 5.32 Å². The Balaban J connectivity index is 1.84. The molecule has 0 aliphatic carbocycles. The Bertz CT molecular complexity index is 735. The lowest BCUT2D eigenvalue weighted by Gasteiger charge is -2.12. The van der Waals surface area contributed by atoms with Gasteiger partial charge in [-0.05, 0) is 37.3 Å². The smallest absolute Gasteiger partial charge is 0.110 e. The van der Waals surface area contributed by atoms with Gasteiger partial charge >= 0.3 is 0 Å². The minimum absolute atomic E-state index is 0.728. The maximum atomic E-state index is 4.44. The number of anilines is 1. The number of nitrogens with one attached hydrogen (secondary N) is 1. The molecule has 4 heteroatoms. The van der Waals surface area contributed by atoms with Crippen LogP contribution in [-0.4, -0.2) is 9.55 Å². The summed E-state index contributed by atoms with van der Waals surface area (Å²) in [5, 5.41) is 3.43. The Hall–Kier alpha value is -2.07. The molecule has 1 aromatic heterocycles. The van der Waals surface area contributed by atoms with Crippen LogP contribution in [0, 0.1) is 6.92 Å². The number of halogens is 1. The molecule has 0 saturated heterocycles. The number of aromatic nitrogens is 2. The first-order valence-corrected chi connectivity index (χ1v) is 7.61. The summed E-state index contributed by atoms with van der Waals surface area (Å²) in [4.78, 5) is 4.44. The molecule has 2 aromatic carbocycles. The van der Waals surface area contributed by atoms with Crippen molar-refractivity contribution >= 4 is 21.6 Å². The number of hydrogen-bond acceptors (Lipinski definition) is 2. The highest BCUT2D eigenvalue weighted by Gasteiger charge is 2.08. The SMILES string of the molecule is Cc1ncc(CNc2cccc(Br)c2)n1-c1ccccc1. The maximum Gasteiger partial charge on any atom is 0.110 e. The summed E-state index contributed by atoms with van der Waals surface area (Å²) in [6.45, 7) is 2.75. The third-order valence-electron chi connectivity index (χ3n) is 3.32. The summed E-state index contributed by atoms with van der Waals surface area (Å²) in [6, 6.07) is 18.5. The second kappa shape index (κ2) is 6.14. The molecule has 0 radical (unpaired) electrons. The summed E-state index contributed by atoms with van der Waals surface area (Å²) in [7, 11) is 0. The molecule has 0 unspecified atom stereocenters. The molecule has 1 N–H and O–H groups in total. The molecule has 3 aromatic rings. The lowest BCUT2D eigenvalue weighted by atomic mass is 10.3. The van der Waals surface area contributed by atoms with Gasteiger partial charge in [-0.2, -0.15) is 0 Å². The predicted molar refractivity (Wildman–Crippen MR) is 89.8 cm³/mol. The van der Waals surface area contributed by atoms with Crippen molar-refractivity contribution in [1.82, 2.24) is 9.55 Å². The van der Waals surface area contributed by atoms with Crippen LogP contribution < -0.4 is 5.32 Å². The van der Waals surface area contributed by atoms with Gasteiger partial charge in [-0.15, -0.1) is 0 Å². The predicted octanol–water partition coefficient (Wildman–Crippen LogP) is 4.56. The van der Waals surface area contributed by atoms with Crippen LogP contribution in [0.15, 0.2) is 65.3 Å². The van der Waals surface area contributed by atoms with E-state index >= 15 is 0 Å². The fourth-order valence-corrected chi connectivity index (χ4v) is 2.74. The van der Waals surface area contributed by atoms with E-state index in [1.807, 2.05) is 43.5 Å². The number of aryl methyl sites for hydroxylation is 1. The molecule has 106 valence electrons. The van der Waals surface area contributed by atoms with E-state index in [1.165, 1.54) is 0 Å². The van der Waals surface area contributed by atoms with E-state index in [9.17, 15) is 0 Å². The lowest BCUT2D eigenvalue weighted by Crippen LogP contribution is -2.07. The molecule has 21 heavy (non-hydrogen) atoms. The average Bonchev–Trinajstić information content (AvgIpc) is 2.87. The van der Waals surface area contributed by atoms with Crippen LogP contribution in [0.5, 0.6) is 0 Å². The van der Waals surface area contributed by atoms with Crippen LogP contribution in [0.2, 0.25) is 0 Å². The van der Waals surface area contributed by atoms with Crippen molar-refractivity contribution in [2.75, 3.05) is 5.32 Å². The van der Waals surface area contributed by atoms with Crippen molar-refractivity contribution in [2.24, 2.45) is 0 Å². The summed E-state index contributed by atoms with van der Waals surface area (Å²) < 4.78 is 3.24. The van der Waals surface area contributed by atoms with Crippen LogP contribution in [-0.2, 0) is 6.54 Å². The minimum Gasteiger partial charge on any atom is -0.379 e. The van der Waals surface area contributed by atoms with Gasteiger partial charge in [0.1, 0.15) is 5.82 Å². The van der Waals surface area contributed by atoms with E-state index in [0.29, 0.717) is 0 Å². The van der Waals surface area contributed by atoms with Gasteiger partial charge in [-0.1, -0.05) is 40.2 Å². The first-order chi connectivity index (χ1) is 10.2. The molecule has 0 fully saturated rings. The van der Waals surface area contributed by atoms with E-state index in [2.05, 4.69) is 55.1 Å². The van der Waals surface area contributed by atoms with Crippen molar-refractivity contribution < 1.29 is 0 Å². The topological polar surface area (TPSA) is 29.9 Å². The summed E-state index contributed by atoms with van der Waals surface area (Å²) in [5.74, 6) is 0.993. The third-order valence-corrected chi connectivity index (χ3v) is 3.82. The van der Waals surface area contributed by atoms with Crippen LogP contribution in [0.25, 0.3) is 5.69 Å². The van der Waals surface area contributed by atoms with Gasteiger partial charge in [-0.3, -0.25) is 4.57 Å². The monoisotopic (exact) mass is 341 g/mol. The zero-order valence-electron chi connectivity index (χ0n) is 11.8. The summed E-state index contributed by atoms with van der Waals surface area (Å²) in [6.07, 6.45) is 1.92. The average molecular weight is 342 g/mol. The molecule has 0 saturated carbocycles. The Labute approximate surface area is 132 Å². The van der Waals surface area contributed by atoms with Gasteiger partial charge in [0.15, 0.2) is 0 Å². The molecule has 1 heterocycles. The van der Waals surface area contributed by atoms with E-state index in [0.717, 1.165) is 33.9 Å². The zero-order chi connectivity index (χ0) is 14.7. The maximum absolute atomic E-state index is 4.44. The van der Waals surface area contributed by atoms with E-state index in [-0.39, 0.29) is 0 Å². The van der Waals surface area contributed by atoms with Gasteiger partial charge in [-0.25, -0.2) is 4.98 Å². The lowest BCUT2D eigenvalue weighted by molar-refractivity contribution is 0.900. The first-order valence-electron chi connectivity index (χ1n) is 6.82. The second-order valence-electron chi connectivity index (χ2n) is 4.83. The standard InChI is InChI=1S/C17H16BrN3/c1-13-19-11-17(21(13)16-8-3-2-4-9-16)12-20-15-7-5-6-14(18)10-15/h2-11,20H,12H2,1H3. The fourth-order valence-electron chi connectivity index (χ4n) is 2.34. The van der Waals surface area contributed by atoms with Crippen molar-refractivity contribution in [3.8, 4) is 5.69 Å². The number of benzene rings is 2. The summed E-state index contributed by atoms with van der Waals surface area (Å²) >= 11 is 3.49. The second-order valence-corrected chi connectivity index (χ2v) is 5.75. The number of imidazole rings is 1. The summed E-state index contributed by atoms with van der Waals surface area (Å²) in [5.41, 5.74) is 3.36. The van der Waals surface area contributed by atoms with Crippen molar-refractivity contribution in [1.29, 1.82) is 0 Å². The quantitative estimate of drug-likeness (QED) is 0.754. The van der Waals surface area contributed by atoms with Gasteiger partial charge in [0.2, 0.25) is 0 Å². The number of nitrogens with zero attached hydrogens (tertiary/aromatic N) is 2. The molecule has 0 spiro atoms. The highest BCUT2D eigenvalue weighted by atomic mass is 79.9. The third kappa shape index (κ3) is 3.16. The minimum atomic E-state index is 0.728. The molecule has 0 atom stereocenters. The molecular weight excluding hydrogens is 326 g/mol. The van der Waals surface area contributed by atoms with Gasteiger partial charge in [0.25, 0.3) is 0 Å². The Morgan fingerprint density at radius 1 is 1.10 bits per heavy atom.